The number of rotatable bonds is 3. The molecule has 19 heavy (non-hydrogen) atoms. The lowest BCUT2D eigenvalue weighted by Crippen LogP contribution is -2.02. The molecule has 2 aromatic rings. The van der Waals surface area contributed by atoms with Crippen LogP contribution in [0.25, 0.3) is 5.69 Å². The van der Waals surface area contributed by atoms with Crippen LogP contribution in [0, 0.1) is 11.3 Å². The van der Waals surface area contributed by atoms with E-state index >= 15 is 0 Å². The van der Waals surface area contributed by atoms with Gasteiger partial charge in [-0.15, -0.1) is 0 Å². The zero-order valence-electron chi connectivity index (χ0n) is 10.3. The normalized spacial score (nSPS) is 10.4. The number of nitrogens with two attached hydrogens (primary N) is 1. The Hall–Kier alpha value is -1.70. The number of nitriles is 1. The van der Waals surface area contributed by atoms with Crippen LogP contribution < -0.4 is 5.73 Å². The summed E-state index contributed by atoms with van der Waals surface area (Å²) in [5.41, 5.74) is 7.78. The monoisotopic (exact) mass is 294 g/mol. The topological polar surface area (TPSA) is 67.6 Å². The largest absolute Gasteiger partial charge is 0.382 e. The van der Waals surface area contributed by atoms with Crippen molar-refractivity contribution in [3.63, 3.8) is 0 Å². The predicted molar refractivity (Wildman–Crippen MR) is 76.7 cm³/mol. The Labute approximate surface area is 121 Å². The van der Waals surface area contributed by atoms with Gasteiger partial charge in [-0.1, -0.05) is 36.5 Å². The van der Waals surface area contributed by atoms with E-state index in [1.807, 2.05) is 6.92 Å². The van der Waals surface area contributed by atoms with Gasteiger partial charge in [0.1, 0.15) is 17.5 Å². The van der Waals surface area contributed by atoms with Crippen molar-refractivity contribution < 1.29 is 0 Å². The number of halogens is 2. The average Bonchev–Trinajstić information content (AvgIpc) is 2.70. The van der Waals surface area contributed by atoms with E-state index in [1.54, 1.807) is 18.2 Å². The van der Waals surface area contributed by atoms with E-state index in [0.717, 1.165) is 6.42 Å². The summed E-state index contributed by atoms with van der Waals surface area (Å²) < 4.78 is 1.52. The molecular formula is C13H12Cl2N4. The fourth-order valence-electron chi connectivity index (χ4n) is 1.83. The smallest absolute Gasteiger partial charge is 0.145 e. The van der Waals surface area contributed by atoms with Crippen LogP contribution in [0.1, 0.15) is 24.6 Å². The Morgan fingerprint density at radius 1 is 1.37 bits per heavy atom. The highest BCUT2D eigenvalue weighted by Crippen LogP contribution is 2.27. The summed E-state index contributed by atoms with van der Waals surface area (Å²) in [5.74, 6) is 0.323. The van der Waals surface area contributed by atoms with Crippen LogP contribution in [0.2, 0.25) is 10.0 Å². The summed E-state index contributed by atoms with van der Waals surface area (Å²) in [6.07, 6.45) is 1.61. The molecule has 2 N–H and O–H groups in total. The lowest BCUT2D eigenvalue weighted by atomic mass is 10.2. The number of nitrogen functional groups attached to an aromatic ring is 1. The van der Waals surface area contributed by atoms with Crippen LogP contribution in [-0.2, 0) is 6.42 Å². The van der Waals surface area contributed by atoms with Gasteiger partial charge in [-0.2, -0.15) is 10.4 Å². The highest BCUT2D eigenvalue weighted by molar-refractivity contribution is 6.42. The fourth-order valence-corrected chi connectivity index (χ4v) is 2.12. The van der Waals surface area contributed by atoms with E-state index in [0.29, 0.717) is 39.2 Å². The third-order valence-electron chi connectivity index (χ3n) is 2.74. The molecule has 0 fully saturated rings. The van der Waals surface area contributed by atoms with Gasteiger partial charge in [0.2, 0.25) is 0 Å². The van der Waals surface area contributed by atoms with Crippen molar-refractivity contribution in [2.45, 2.75) is 19.8 Å². The summed E-state index contributed by atoms with van der Waals surface area (Å²) in [4.78, 5) is 0. The molecular weight excluding hydrogens is 283 g/mol. The number of benzene rings is 1. The first-order chi connectivity index (χ1) is 9.08. The SMILES string of the molecule is CCCc1nn(-c2ccc(Cl)c(Cl)c2)c(N)c1C#N. The number of aryl methyl sites for hydroxylation is 1. The van der Waals surface area contributed by atoms with Gasteiger partial charge >= 0.3 is 0 Å². The van der Waals surface area contributed by atoms with Crippen LogP contribution >= 0.6 is 23.2 Å². The standard InChI is InChI=1S/C13H12Cl2N4/c1-2-3-12-9(7-16)13(17)19(18-12)8-4-5-10(14)11(15)6-8/h4-6H,2-3,17H2,1H3. The van der Waals surface area contributed by atoms with Crippen molar-refractivity contribution in [2.75, 3.05) is 5.73 Å². The van der Waals surface area contributed by atoms with Gasteiger partial charge in [-0.05, 0) is 24.6 Å². The van der Waals surface area contributed by atoms with Crippen LogP contribution in [0.4, 0.5) is 5.82 Å². The zero-order chi connectivity index (χ0) is 14.0. The van der Waals surface area contributed by atoms with Gasteiger partial charge in [0.05, 0.1) is 21.4 Å². The second-order valence-electron chi connectivity index (χ2n) is 4.08. The maximum absolute atomic E-state index is 9.15. The van der Waals surface area contributed by atoms with E-state index in [1.165, 1.54) is 4.68 Å². The van der Waals surface area contributed by atoms with Gasteiger partial charge < -0.3 is 5.73 Å². The zero-order valence-corrected chi connectivity index (χ0v) is 11.8. The number of hydrogen-bond acceptors (Lipinski definition) is 3. The number of anilines is 1. The second kappa shape index (κ2) is 5.52. The minimum absolute atomic E-state index is 0.323. The molecule has 0 saturated heterocycles. The molecule has 0 saturated carbocycles. The molecule has 1 aromatic heterocycles. The average molecular weight is 295 g/mol. The summed E-state index contributed by atoms with van der Waals surface area (Å²) >= 11 is 11.9. The molecule has 6 heteroatoms. The lowest BCUT2D eigenvalue weighted by Gasteiger charge is -2.05. The van der Waals surface area contributed by atoms with Crippen molar-refractivity contribution in [3.8, 4) is 11.8 Å². The number of nitrogens with zero attached hydrogens (tertiary/aromatic N) is 3. The quantitative estimate of drug-likeness (QED) is 0.941. The summed E-state index contributed by atoms with van der Waals surface area (Å²) in [6, 6.07) is 7.20. The number of aromatic nitrogens is 2. The Balaban J connectivity index is 2.56. The molecule has 0 aliphatic rings. The third kappa shape index (κ3) is 2.53. The van der Waals surface area contributed by atoms with E-state index < -0.39 is 0 Å². The Bertz CT molecular complexity index is 655. The number of hydrogen-bond donors (Lipinski definition) is 1. The van der Waals surface area contributed by atoms with E-state index in [9.17, 15) is 0 Å². The maximum Gasteiger partial charge on any atom is 0.145 e. The van der Waals surface area contributed by atoms with Crippen LogP contribution in [0.15, 0.2) is 18.2 Å². The second-order valence-corrected chi connectivity index (χ2v) is 4.89. The molecule has 0 unspecified atom stereocenters. The maximum atomic E-state index is 9.15. The predicted octanol–water partition coefficient (Wildman–Crippen LogP) is 3.59. The molecule has 0 aliphatic carbocycles. The fraction of sp³-hybridized carbons (Fsp3) is 0.231. The van der Waals surface area contributed by atoms with Crippen molar-refractivity contribution >= 4 is 29.0 Å². The summed E-state index contributed by atoms with van der Waals surface area (Å²) in [7, 11) is 0. The van der Waals surface area contributed by atoms with Crippen LogP contribution in [0.5, 0.6) is 0 Å². The Morgan fingerprint density at radius 3 is 2.68 bits per heavy atom. The first-order valence-corrected chi connectivity index (χ1v) is 6.57. The van der Waals surface area contributed by atoms with E-state index in [-0.39, 0.29) is 0 Å². The molecule has 4 nitrogen and oxygen atoms in total. The van der Waals surface area contributed by atoms with Crippen molar-refractivity contribution in [3.05, 3.63) is 39.5 Å². The third-order valence-corrected chi connectivity index (χ3v) is 3.48. The van der Waals surface area contributed by atoms with E-state index in [2.05, 4.69) is 11.2 Å². The molecule has 0 atom stereocenters. The molecule has 2 rings (SSSR count). The molecule has 0 aliphatic heterocycles. The van der Waals surface area contributed by atoms with Crippen molar-refractivity contribution in [2.24, 2.45) is 0 Å². The molecule has 0 bridgehead atoms. The first-order valence-electron chi connectivity index (χ1n) is 5.81. The van der Waals surface area contributed by atoms with Crippen LogP contribution in [-0.4, -0.2) is 9.78 Å². The minimum Gasteiger partial charge on any atom is -0.382 e. The van der Waals surface area contributed by atoms with Gasteiger partial charge in [-0.25, -0.2) is 4.68 Å². The summed E-state index contributed by atoms with van der Waals surface area (Å²) in [5, 5.41) is 14.4. The van der Waals surface area contributed by atoms with Gasteiger partial charge in [0, 0.05) is 0 Å². The Kier molecular flexibility index (Phi) is 3.98. The highest BCUT2D eigenvalue weighted by atomic mass is 35.5. The van der Waals surface area contributed by atoms with E-state index in [4.69, 9.17) is 34.2 Å². The molecule has 98 valence electrons. The van der Waals surface area contributed by atoms with Crippen molar-refractivity contribution in [1.82, 2.24) is 9.78 Å². The minimum atomic E-state index is 0.323. The van der Waals surface area contributed by atoms with Gasteiger partial charge in [0.25, 0.3) is 0 Å². The molecule has 0 spiro atoms. The highest BCUT2D eigenvalue weighted by Gasteiger charge is 2.16. The van der Waals surface area contributed by atoms with Gasteiger partial charge in [-0.3, -0.25) is 0 Å². The molecule has 0 radical (unpaired) electrons. The lowest BCUT2D eigenvalue weighted by molar-refractivity contribution is 0.810. The van der Waals surface area contributed by atoms with Crippen LogP contribution in [0.3, 0.4) is 0 Å². The summed E-state index contributed by atoms with van der Waals surface area (Å²) in [6.45, 7) is 2.02. The first kappa shape index (κ1) is 13.7. The Morgan fingerprint density at radius 2 is 2.11 bits per heavy atom. The molecule has 0 amide bonds. The van der Waals surface area contributed by atoms with Crippen molar-refractivity contribution in [1.29, 1.82) is 5.26 Å². The molecule has 1 aromatic carbocycles. The van der Waals surface area contributed by atoms with Gasteiger partial charge in [0.15, 0.2) is 0 Å². The molecule has 1 heterocycles.